The number of amides is 1. The first-order chi connectivity index (χ1) is 9.49. The molecule has 1 amide bonds. The number of fused-ring (bicyclic) bond motifs is 1. The zero-order valence-electron chi connectivity index (χ0n) is 11.5. The smallest absolute Gasteiger partial charge is 0.303 e. The molecule has 1 aromatic rings. The molecule has 108 valence electrons. The highest BCUT2D eigenvalue weighted by molar-refractivity contribution is 5.93. The third-order valence-electron chi connectivity index (χ3n) is 3.63. The number of nitrogens with zero attached hydrogens (tertiary/aromatic N) is 1. The Morgan fingerprint density at radius 1 is 1.40 bits per heavy atom. The monoisotopic (exact) mass is 277 g/mol. The first-order valence-electron chi connectivity index (χ1n) is 6.80. The summed E-state index contributed by atoms with van der Waals surface area (Å²) in [6.45, 7) is 2.23. The number of benzene rings is 1. The fourth-order valence-electron chi connectivity index (χ4n) is 2.57. The van der Waals surface area contributed by atoms with Crippen LogP contribution < -0.4 is 4.90 Å². The molecule has 1 aliphatic rings. The van der Waals surface area contributed by atoms with Crippen molar-refractivity contribution in [2.24, 2.45) is 0 Å². The molecule has 0 saturated carbocycles. The van der Waals surface area contributed by atoms with Gasteiger partial charge in [-0.2, -0.15) is 0 Å². The van der Waals surface area contributed by atoms with Gasteiger partial charge in [0.15, 0.2) is 0 Å². The Morgan fingerprint density at radius 3 is 2.80 bits per heavy atom. The van der Waals surface area contributed by atoms with E-state index in [4.69, 9.17) is 5.11 Å². The average Bonchev–Trinajstić information content (AvgIpc) is 2.80. The molecule has 0 saturated heterocycles. The Labute approximate surface area is 117 Å². The molecule has 20 heavy (non-hydrogen) atoms. The quantitative estimate of drug-likeness (QED) is 0.861. The molecule has 2 rings (SSSR count). The van der Waals surface area contributed by atoms with Crippen molar-refractivity contribution in [1.82, 2.24) is 0 Å². The summed E-state index contributed by atoms with van der Waals surface area (Å²) in [4.78, 5) is 23.6. The molecule has 0 fully saturated rings. The van der Waals surface area contributed by atoms with Crippen LogP contribution in [0.4, 0.5) is 5.69 Å². The van der Waals surface area contributed by atoms with Gasteiger partial charge in [0.1, 0.15) is 0 Å². The van der Waals surface area contributed by atoms with Gasteiger partial charge in [0, 0.05) is 25.6 Å². The molecule has 5 nitrogen and oxygen atoms in total. The van der Waals surface area contributed by atoms with Crippen LogP contribution in [0.15, 0.2) is 18.2 Å². The minimum Gasteiger partial charge on any atom is -0.481 e. The van der Waals surface area contributed by atoms with E-state index in [1.54, 1.807) is 11.8 Å². The van der Waals surface area contributed by atoms with Crippen molar-refractivity contribution in [2.75, 3.05) is 11.4 Å². The summed E-state index contributed by atoms with van der Waals surface area (Å²) in [5.41, 5.74) is 2.77. The number of carboxylic acid groups (broad SMARTS) is 1. The highest BCUT2D eigenvalue weighted by Crippen LogP contribution is 2.31. The van der Waals surface area contributed by atoms with Gasteiger partial charge in [-0.3, -0.25) is 9.59 Å². The maximum atomic E-state index is 11.5. The third-order valence-corrected chi connectivity index (χ3v) is 3.63. The van der Waals surface area contributed by atoms with Crippen LogP contribution in [0.5, 0.6) is 0 Å². The lowest BCUT2D eigenvalue weighted by Crippen LogP contribution is -2.25. The number of aliphatic hydroxyl groups excluding tert-OH is 1. The molecular formula is C15H19NO4. The standard InChI is InChI=1S/C15H19NO4/c1-10(17)16-8-7-11-9-12(5-6-13(11)16)14(18)3-2-4-15(19)20/h5-6,9,14,18H,2-4,7-8H2,1H3,(H,19,20). The number of carbonyl (C=O) groups is 2. The number of carboxylic acids is 1. The van der Waals surface area contributed by atoms with Gasteiger partial charge in [-0.05, 0) is 36.5 Å². The number of hydrogen-bond acceptors (Lipinski definition) is 3. The Hall–Kier alpha value is -1.88. The van der Waals surface area contributed by atoms with Gasteiger partial charge in [-0.25, -0.2) is 0 Å². The molecule has 0 spiro atoms. The summed E-state index contributed by atoms with van der Waals surface area (Å²) in [5, 5.41) is 18.7. The Morgan fingerprint density at radius 2 is 2.15 bits per heavy atom. The summed E-state index contributed by atoms with van der Waals surface area (Å²) < 4.78 is 0. The average molecular weight is 277 g/mol. The summed E-state index contributed by atoms with van der Waals surface area (Å²) in [6, 6.07) is 5.59. The van der Waals surface area contributed by atoms with E-state index in [1.165, 1.54) is 0 Å². The minimum atomic E-state index is -0.844. The molecule has 1 unspecified atom stereocenters. The molecule has 5 heteroatoms. The zero-order chi connectivity index (χ0) is 14.7. The first-order valence-corrected chi connectivity index (χ1v) is 6.80. The molecular weight excluding hydrogens is 258 g/mol. The van der Waals surface area contributed by atoms with Crippen molar-refractivity contribution in [3.8, 4) is 0 Å². The van der Waals surface area contributed by atoms with Crippen molar-refractivity contribution in [3.05, 3.63) is 29.3 Å². The molecule has 1 aliphatic heterocycles. The topological polar surface area (TPSA) is 77.8 Å². The van der Waals surface area contributed by atoms with E-state index in [-0.39, 0.29) is 12.3 Å². The van der Waals surface area contributed by atoms with Crippen molar-refractivity contribution in [2.45, 2.75) is 38.7 Å². The van der Waals surface area contributed by atoms with Crippen LogP contribution in [-0.4, -0.2) is 28.6 Å². The van der Waals surface area contributed by atoms with Gasteiger partial charge >= 0.3 is 5.97 Å². The second-order valence-corrected chi connectivity index (χ2v) is 5.11. The highest BCUT2D eigenvalue weighted by Gasteiger charge is 2.23. The maximum absolute atomic E-state index is 11.5. The van der Waals surface area contributed by atoms with Gasteiger partial charge in [-0.1, -0.05) is 12.1 Å². The van der Waals surface area contributed by atoms with Crippen molar-refractivity contribution < 1.29 is 19.8 Å². The molecule has 1 heterocycles. The van der Waals surface area contributed by atoms with Gasteiger partial charge in [0.25, 0.3) is 0 Å². The van der Waals surface area contributed by atoms with E-state index in [1.807, 2.05) is 18.2 Å². The van der Waals surface area contributed by atoms with Gasteiger partial charge in [-0.15, -0.1) is 0 Å². The Balaban J connectivity index is 2.04. The second-order valence-electron chi connectivity index (χ2n) is 5.11. The van der Waals surface area contributed by atoms with Crippen LogP contribution in [0.1, 0.15) is 43.4 Å². The van der Waals surface area contributed by atoms with E-state index in [0.29, 0.717) is 19.4 Å². The van der Waals surface area contributed by atoms with Gasteiger partial charge in [0.05, 0.1) is 6.10 Å². The fourth-order valence-corrected chi connectivity index (χ4v) is 2.57. The second kappa shape index (κ2) is 6.05. The van der Waals surface area contributed by atoms with Crippen LogP contribution in [0.25, 0.3) is 0 Å². The Bertz CT molecular complexity index is 527. The van der Waals surface area contributed by atoms with E-state index in [0.717, 1.165) is 23.2 Å². The van der Waals surface area contributed by atoms with Crippen molar-refractivity contribution in [3.63, 3.8) is 0 Å². The first kappa shape index (κ1) is 14.5. The summed E-state index contributed by atoms with van der Waals surface area (Å²) >= 11 is 0. The van der Waals surface area contributed by atoms with E-state index < -0.39 is 12.1 Å². The lowest BCUT2D eigenvalue weighted by Gasteiger charge is -2.16. The molecule has 0 aromatic heterocycles. The molecule has 2 N–H and O–H groups in total. The molecule has 1 atom stereocenters. The normalized spacial score (nSPS) is 15.0. The predicted octanol–water partition coefficient (Wildman–Crippen LogP) is 1.88. The molecule has 0 aliphatic carbocycles. The fraction of sp³-hybridized carbons (Fsp3) is 0.467. The molecule has 1 aromatic carbocycles. The SMILES string of the molecule is CC(=O)N1CCc2cc(C(O)CCCC(=O)O)ccc21. The minimum absolute atomic E-state index is 0.0264. The van der Waals surface area contributed by atoms with Crippen molar-refractivity contribution >= 4 is 17.6 Å². The zero-order valence-corrected chi connectivity index (χ0v) is 11.5. The van der Waals surface area contributed by atoms with Gasteiger partial charge in [0.2, 0.25) is 5.91 Å². The van der Waals surface area contributed by atoms with Crippen LogP contribution in [0.3, 0.4) is 0 Å². The molecule has 0 bridgehead atoms. The van der Waals surface area contributed by atoms with Crippen molar-refractivity contribution in [1.29, 1.82) is 0 Å². The lowest BCUT2D eigenvalue weighted by molar-refractivity contribution is -0.137. The largest absolute Gasteiger partial charge is 0.481 e. The van der Waals surface area contributed by atoms with E-state index >= 15 is 0 Å². The number of aliphatic carboxylic acids is 1. The van der Waals surface area contributed by atoms with Crippen LogP contribution in [0, 0.1) is 0 Å². The number of anilines is 1. The predicted molar refractivity (Wildman–Crippen MR) is 74.6 cm³/mol. The van der Waals surface area contributed by atoms with Gasteiger partial charge < -0.3 is 15.1 Å². The maximum Gasteiger partial charge on any atom is 0.303 e. The number of rotatable bonds is 5. The number of carbonyl (C=O) groups excluding carboxylic acids is 1. The van der Waals surface area contributed by atoms with Crippen LogP contribution >= 0.6 is 0 Å². The van der Waals surface area contributed by atoms with Crippen LogP contribution in [0.2, 0.25) is 0 Å². The highest BCUT2D eigenvalue weighted by atomic mass is 16.4. The lowest BCUT2D eigenvalue weighted by atomic mass is 10.0. The summed E-state index contributed by atoms with van der Waals surface area (Å²) in [7, 11) is 0. The van der Waals surface area contributed by atoms with E-state index in [9.17, 15) is 14.7 Å². The Kier molecular flexibility index (Phi) is 4.39. The summed E-state index contributed by atoms with van der Waals surface area (Å²) in [5.74, 6) is -0.818. The molecule has 0 radical (unpaired) electrons. The number of hydrogen-bond donors (Lipinski definition) is 2. The van der Waals surface area contributed by atoms with E-state index in [2.05, 4.69) is 0 Å². The third kappa shape index (κ3) is 3.17. The van der Waals surface area contributed by atoms with Crippen LogP contribution in [-0.2, 0) is 16.0 Å². The summed E-state index contributed by atoms with van der Waals surface area (Å²) in [6.07, 6.45) is 1.10. The number of aliphatic hydroxyl groups is 1.